The number of aryl methyl sites for hydroxylation is 2. The van der Waals surface area contributed by atoms with Crippen molar-refractivity contribution >= 4 is 22.6 Å². The van der Waals surface area contributed by atoms with Gasteiger partial charge in [-0.1, -0.05) is 42.5 Å². The van der Waals surface area contributed by atoms with Gasteiger partial charge in [0.2, 0.25) is 0 Å². The van der Waals surface area contributed by atoms with Crippen molar-refractivity contribution in [2.24, 2.45) is 0 Å². The molecule has 0 N–H and O–H groups in total. The van der Waals surface area contributed by atoms with E-state index in [1.54, 1.807) is 6.20 Å². The molecule has 0 saturated carbocycles. The summed E-state index contributed by atoms with van der Waals surface area (Å²) >= 11 is 0. The zero-order valence-corrected chi connectivity index (χ0v) is 19.5. The molecule has 5 rings (SSSR count). The zero-order chi connectivity index (χ0) is 22.9. The van der Waals surface area contributed by atoms with Crippen molar-refractivity contribution in [3.8, 4) is 11.3 Å². The number of carbonyl (C=O) groups excluding carboxylic acids is 1. The molecule has 1 fully saturated rings. The standard InChI is InChI=1S/C27H29N5O/c1-4-32-26-23(18-28-32)22(17-24(29-26)21-10-6-5-7-11-21)27(33)31-15-13-30(14-16-31)25-12-8-9-19(2)20(25)3/h5-12,17-18H,4,13-16H2,1-3H3. The van der Waals surface area contributed by atoms with Gasteiger partial charge in [-0.15, -0.1) is 0 Å². The van der Waals surface area contributed by atoms with Gasteiger partial charge in [-0.2, -0.15) is 5.10 Å². The van der Waals surface area contributed by atoms with E-state index in [-0.39, 0.29) is 5.91 Å². The lowest BCUT2D eigenvalue weighted by Gasteiger charge is -2.37. The number of aromatic nitrogens is 3. The van der Waals surface area contributed by atoms with E-state index in [1.807, 2.05) is 52.9 Å². The number of hydrogen-bond acceptors (Lipinski definition) is 4. The number of carbonyl (C=O) groups is 1. The number of rotatable bonds is 4. The normalized spacial score (nSPS) is 14.2. The Hall–Kier alpha value is -3.67. The van der Waals surface area contributed by atoms with Crippen LogP contribution in [0.3, 0.4) is 0 Å². The minimum atomic E-state index is 0.0517. The maximum Gasteiger partial charge on any atom is 0.254 e. The summed E-state index contributed by atoms with van der Waals surface area (Å²) in [6.45, 7) is 10.1. The molecule has 0 aliphatic carbocycles. The van der Waals surface area contributed by atoms with Gasteiger partial charge in [-0.05, 0) is 44.0 Å². The molecule has 1 aliphatic heterocycles. The fraction of sp³-hybridized carbons (Fsp3) is 0.296. The van der Waals surface area contributed by atoms with Crippen molar-refractivity contribution in [2.75, 3.05) is 31.1 Å². The Bertz CT molecular complexity index is 1300. The predicted octanol–water partition coefficient (Wildman–Crippen LogP) is 4.70. The molecule has 1 aliphatic rings. The highest BCUT2D eigenvalue weighted by molar-refractivity contribution is 6.06. The number of anilines is 1. The van der Waals surface area contributed by atoms with E-state index in [9.17, 15) is 4.79 Å². The van der Waals surface area contributed by atoms with Gasteiger partial charge in [0, 0.05) is 44.0 Å². The molecule has 6 nitrogen and oxygen atoms in total. The molecule has 4 aromatic rings. The van der Waals surface area contributed by atoms with Crippen LogP contribution >= 0.6 is 0 Å². The Balaban J connectivity index is 1.45. The molecular weight excluding hydrogens is 410 g/mol. The second kappa shape index (κ2) is 8.70. The number of piperazine rings is 1. The fourth-order valence-electron chi connectivity index (χ4n) is 4.61. The summed E-state index contributed by atoms with van der Waals surface area (Å²) in [7, 11) is 0. The van der Waals surface area contributed by atoms with Gasteiger partial charge >= 0.3 is 0 Å². The van der Waals surface area contributed by atoms with Crippen molar-refractivity contribution in [2.45, 2.75) is 27.3 Å². The van der Waals surface area contributed by atoms with Crippen LogP contribution in [0.5, 0.6) is 0 Å². The van der Waals surface area contributed by atoms with E-state index in [4.69, 9.17) is 4.98 Å². The van der Waals surface area contributed by atoms with Crippen LogP contribution in [0.15, 0.2) is 60.8 Å². The SMILES string of the molecule is CCn1ncc2c(C(=O)N3CCN(c4cccc(C)c4C)CC3)cc(-c3ccccc3)nc21. The average molecular weight is 440 g/mol. The number of pyridine rings is 1. The van der Waals surface area contributed by atoms with Gasteiger partial charge in [0.1, 0.15) is 0 Å². The second-order valence-electron chi connectivity index (χ2n) is 8.62. The summed E-state index contributed by atoms with van der Waals surface area (Å²) in [5.74, 6) is 0.0517. The fourth-order valence-corrected chi connectivity index (χ4v) is 4.61. The summed E-state index contributed by atoms with van der Waals surface area (Å²) < 4.78 is 1.86. The van der Waals surface area contributed by atoms with Crippen molar-refractivity contribution in [1.29, 1.82) is 0 Å². The topological polar surface area (TPSA) is 54.3 Å². The molecule has 0 atom stereocenters. The molecule has 168 valence electrons. The molecule has 1 saturated heterocycles. The minimum Gasteiger partial charge on any atom is -0.368 e. The van der Waals surface area contributed by atoms with Crippen LogP contribution in [-0.2, 0) is 6.54 Å². The lowest BCUT2D eigenvalue weighted by Crippen LogP contribution is -2.49. The third-order valence-corrected chi connectivity index (χ3v) is 6.69. The smallest absolute Gasteiger partial charge is 0.254 e. The van der Waals surface area contributed by atoms with Crippen LogP contribution in [-0.4, -0.2) is 51.8 Å². The van der Waals surface area contributed by atoms with E-state index in [0.717, 1.165) is 35.4 Å². The largest absolute Gasteiger partial charge is 0.368 e. The van der Waals surface area contributed by atoms with Crippen LogP contribution in [0.2, 0.25) is 0 Å². The van der Waals surface area contributed by atoms with Crippen LogP contribution in [0.25, 0.3) is 22.3 Å². The van der Waals surface area contributed by atoms with E-state index in [0.29, 0.717) is 25.2 Å². The molecule has 2 aromatic heterocycles. The Morgan fingerprint density at radius 2 is 1.73 bits per heavy atom. The number of amides is 1. The highest BCUT2D eigenvalue weighted by Crippen LogP contribution is 2.28. The Morgan fingerprint density at radius 3 is 2.45 bits per heavy atom. The summed E-state index contributed by atoms with van der Waals surface area (Å²) in [4.78, 5) is 22.9. The van der Waals surface area contributed by atoms with Crippen LogP contribution < -0.4 is 4.90 Å². The van der Waals surface area contributed by atoms with Crippen molar-refractivity contribution in [3.63, 3.8) is 0 Å². The monoisotopic (exact) mass is 439 g/mol. The number of benzene rings is 2. The quantitative estimate of drug-likeness (QED) is 0.463. The molecule has 0 radical (unpaired) electrons. The van der Waals surface area contributed by atoms with E-state index >= 15 is 0 Å². The first kappa shape index (κ1) is 21.2. The molecule has 3 heterocycles. The first-order valence-corrected chi connectivity index (χ1v) is 11.6. The summed E-state index contributed by atoms with van der Waals surface area (Å²) in [6.07, 6.45) is 1.78. The van der Waals surface area contributed by atoms with Gasteiger partial charge in [-0.25, -0.2) is 9.67 Å². The van der Waals surface area contributed by atoms with E-state index in [1.165, 1.54) is 16.8 Å². The molecular formula is C27H29N5O. The van der Waals surface area contributed by atoms with Gasteiger partial charge in [-0.3, -0.25) is 4.79 Å². The minimum absolute atomic E-state index is 0.0517. The van der Waals surface area contributed by atoms with E-state index in [2.05, 4.69) is 42.0 Å². The van der Waals surface area contributed by atoms with Crippen molar-refractivity contribution in [1.82, 2.24) is 19.7 Å². The maximum atomic E-state index is 13.7. The first-order valence-electron chi connectivity index (χ1n) is 11.6. The van der Waals surface area contributed by atoms with Gasteiger partial charge in [0.15, 0.2) is 5.65 Å². The lowest BCUT2D eigenvalue weighted by molar-refractivity contribution is 0.0748. The zero-order valence-electron chi connectivity index (χ0n) is 19.5. The summed E-state index contributed by atoms with van der Waals surface area (Å²) in [5, 5.41) is 5.30. The molecule has 33 heavy (non-hydrogen) atoms. The van der Waals surface area contributed by atoms with Crippen LogP contribution in [0.4, 0.5) is 5.69 Å². The third kappa shape index (κ3) is 3.86. The Morgan fingerprint density at radius 1 is 0.970 bits per heavy atom. The maximum absolute atomic E-state index is 13.7. The van der Waals surface area contributed by atoms with Gasteiger partial charge in [0.05, 0.1) is 22.8 Å². The second-order valence-corrected chi connectivity index (χ2v) is 8.62. The highest BCUT2D eigenvalue weighted by atomic mass is 16.2. The summed E-state index contributed by atoms with van der Waals surface area (Å²) in [6, 6.07) is 18.4. The molecule has 0 bridgehead atoms. The third-order valence-electron chi connectivity index (χ3n) is 6.69. The van der Waals surface area contributed by atoms with Crippen LogP contribution in [0, 0.1) is 13.8 Å². The highest BCUT2D eigenvalue weighted by Gasteiger charge is 2.26. The summed E-state index contributed by atoms with van der Waals surface area (Å²) in [5.41, 5.74) is 7.12. The van der Waals surface area contributed by atoms with Gasteiger partial charge < -0.3 is 9.80 Å². The number of fused-ring (bicyclic) bond motifs is 1. The first-order chi connectivity index (χ1) is 16.1. The Labute approximate surface area is 194 Å². The lowest BCUT2D eigenvalue weighted by atomic mass is 10.0. The van der Waals surface area contributed by atoms with Gasteiger partial charge in [0.25, 0.3) is 5.91 Å². The Kier molecular flexibility index (Phi) is 5.58. The van der Waals surface area contributed by atoms with Crippen molar-refractivity contribution < 1.29 is 4.79 Å². The van der Waals surface area contributed by atoms with Crippen LogP contribution in [0.1, 0.15) is 28.4 Å². The molecule has 0 spiro atoms. The average Bonchev–Trinajstić information content (AvgIpc) is 3.28. The van der Waals surface area contributed by atoms with E-state index < -0.39 is 0 Å². The molecule has 6 heteroatoms. The number of hydrogen-bond donors (Lipinski definition) is 0. The number of nitrogens with zero attached hydrogens (tertiary/aromatic N) is 5. The molecule has 2 aromatic carbocycles. The molecule has 1 amide bonds. The predicted molar refractivity (Wildman–Crippen MR) is 133 cm³/mol. The van der Waals surface area contributed by atoms with Crippen molar-refractivity contribution in [3.05, 3.63) is 77.5 Å². The molecule has 0 unspecified atom stereocenters.